The third-order valence-corrected chi connectivity index (χ3v) is 9.41. The molecular formula is C26H28ClF2N5O3S. The highest BCUT2D eigenvalue weighted by Gasteiger charge is 2.43. The van der Waals surface area contributed by atoms with Crippen molar-refractivity contribution in [1.29, 1.82) is 0 Å². The number of halogens is 3. The molecule has 1 amide bonds. The molecule has 0 radical (unpaired) electrons. The Bertz CT molecular complexity index is 1500. The predicted molar refractivity (Wildman–Crippen MR) is 140 cm³/mol. The molecule has 2 aliphatic heterocycles. The number of hydrogen-bond acceptors (Lipinski definition) is 5. The van der Waals surface area contributed by atoms with E-state index in [1.54, 1.807) is 23.2 Å². The van der Waals surface area contributed by atoms with Crippen molar-refractivity contribution in [2.75, 3.05) is 31.2 Å². The van der Waals surface area contributed by atoms with Gasteiger partial charge in [-0.05, 0) is 62.4 Å². The van der Waals surface area contributed by atoms with Gasteiger partial charge in [-0.3, -0.25) is 13.6 Å². The summed E-state index contributed by atoms with van der Waals surface area (Å²) >= 11 is 6.18. The Labute approximate surface area is 224 Å². The van der Waals surface area contributed by atoms with Crippen molar-refractivity contribution in [1.82, 2.24) is 19.0 Å². The summed E-state index contributed by atoms with van der Waals surface area (Å²) in [7, 11) is -3.86. The molecule has 2 saturated heterocycles. The molecule has 1 aromatic carbocycles. The Morgan fingerprint density at radius 3 is 2.50 bits per heavy atom. The minimum Gasteiger partial charge on any atom is -0.348 e. The van der Waals surface area contributed by atoms with Gasteiger partial charge in [0.05, 0.1) is 33.9 Å². The zero-order valence-corrected chi connectivity index (χ0v) is 22.2. The fourth-order valence-electron chi connectivity index (χ4n) is 5.72. The number of rotatable bonds is 8. The minimum absolute atomic E-state index is 0.0178. The van der Waals surface area contributed by atoms with Crippen molar-refractivity contribution in [2.45, 2.75) is 55.0 Å². The molecule has 4 heterocycles. The first kappa shape index (κ1) is 25.5. The standard InChI is InChI=1S/C26H28ClF2N5O3S/c27-23-10-17(29)4-7-22(23)26(35)32-14-18-5-6-19(15-32)33(18)24-12-21(38(36,37)31-9-1-8-28)11-20-13-30-25(34(20)24)16-2-3-16/h4,7,10-13,16,18-19,31H,1-3,5-6,8-9,14-15H2/t18-,19+. The maximum Gasteiger partial charge on any atom is 0.255 e. The van der Waals surface area contributed by atoms with Crippen LogP contribution in [0.1, 0.15) is 54.2 Å². The summed E-state index contributed by atoms with van der Waals surface area (Å²) in [4.78, 5) is 22.0. The highest BCUT2D eigenvalue weighted by molar-refractivity contribution is 7.89. The lowest BCUT2D eigenvalue weighted by Crippen LogP contribution is -2.56. The van der Waals surface area contributed by atoms with Crippen LogP contribution in [0.4, 0.5) is 14.6 Å². The lowest BCUT2D eigenvalue weighted by Gasteiger charge is -2.42. The summed E-state index contributed by atoms with van der Waals surface area (Å²) in [6.07, 6.45) is 5.56. The van der Waals surface area contributed by atoms with Crippen LogP contribution in [0.15, 0.2) is 41.4 Å². The number of alkyl halides is 1. The van der Waals surface area contributed by atoms with E-state index >= 15 is 0 Å². The van der Waals surface area contributed by atoms with Crippen LogP contribution in [0.2, 0.25) is 5.02 Å². The van der Waals surface area contributed by atoms with Crippen LogP contribution in [0.3, 0.4) is 0 Å². The summed E-state index contributed by atoms with van der Waals surface area (Å²) in [6, 6.07) is 7.00. The minimum atomic E-state index is -3.86. The van der Waals surface area contributed by atoms with Crippen LogP contribution in [-0.2, 0) is 10.0 Å². The first-order chi connectivity index (χ1) is 18.3. The van der Waals surface area contributed by atoms with E-state index in [1.165, 1.54) is 12.1 Å². The lowest BCUT2D eigenvalue weighted by atomic mass is 10.1. The Morgan fingerprint density at radius 2 is 1.84 bits per heavy atom. The van der Waals surface area contributed by atoms with Crippen LogP contribution in [0, 0.1) is 5.82 Å². The van der Waals surface area contributed by atoms with Crippen molar-refractivity contribution >= 4 is 38.9 Å². The number of anilines is 1. The van der Waals surface area contributed by atoms with Gasteiger partial charge in [0.15, 0.2) is 0 Å². The fourth-order valence-corrected chi connectivity index (χ4v) is 7.08. The van der Waals surface area contributed by atoms with Crippen LogP contribution >= 0.6 is 11.6 Å². The molecular weight excluding hydrogens is 536 g/mol. The quantitative estimate of drug-likeness (QED) is 0.416. The highest BCUT2D eigenvalue weighted by atomic mass is 35.5. The summed E-state index contributed by atoms with van der Waals surface area (Å²) < 4.78 is 56.9. The number of carbonyl (C=O) groups excluding carboxylic acids is 1. The van der Waals surface area contributed by atoms with Crippen molar-refractivity contribution in [3.05, 3.63) is 58.8 Å². The molecule has 1 aliphatic carbocycles. The summed E-state index contributed by atoms with van der Waals surface area (Å²) in [5, 5.41) is 0.0807. The molecule has 12 heteroatoms. The maximum absolute atomic E-state index is 13.5. The van der Waals surface area contributed by atoms with Crippen LogP contribution in [0.25, 0.3) is 5.52 Å². The van der Waals surface area contributed by atoms with Gasteiger partial charge in [0.1, 0.15) is 17.5 Å². The van der Waals surface area contributed by atoms with Gasteiger partial charge in [-0.2, -0.15) is 0 Å². The van der Waals surface area contributed by atoms with Crippen LogP contribution in [0.5, 0.6) is 0 Å². The molecule has 1 saturated carbocycles. The smallest absolute Gasteiger partial charge is 0.255 e. The monoisotopic (exact) mass is 563 g/mol. The average molecular weight is 564 g/mol. The number of fused-ring (bicyclic) bond motifs is 3. The fraction of sp³-hybridized carbons (Fsp3) is 0.462. The molecule has 8 nitrogen and oxygen atoms in total. The number of likely N-dealkylation sites (tertiary alicyclic amines) is 1. The van der Waals surface area contributed by atoms with E-state index in [2.05, 4.69) is 19.0 Å². The van der Waals surface area contributed by atoms with Crippen molar-refractivity contribution in [3.8, 4) is 0 Å². The normalized spacial score (nSPS) is 21.4. The summed E-state index contributed by atoms with van der Waals surface area (Å²) in [5.74, 6) is 1.25. The van der Waals surface area contributed by atoms with Gasteiger partial charge < -0.3 is 9.80 Å². The molecule has 3 aromatic rings. The number of amides is 1. The molecule has 1 N–H and O–H groups in total. The van der Waals surface area contributed by atoms with Gasteiger partial charge in [0, 0.05) is 37.6 Å². The average Bonchev–Trinajstić information content (AvgIpc) is 3.58. The number of piperazine rings is 1. The Hall–Kier alpha value is -2.76. The van der Waals surface area contributed by atoms with E-state index in [1.807, 2.05) is 0 Å². The first-order valence-electron chi connectivity index (χ1n) is 12.9. The van der Waals surface area contributed by atoms with Crippen molar-refractivity contribution in [3.63, 3.8) is 0 Å². The van der Waals surface area contributed by atoms with Gasteiger partial charge in [0.25, 0.3) is 5.91 Å². The Balaban J connectivity index is 1.36. The second-order valence-corrected chi connectivity index (χ2v) is 12.4. The Morgan fingerprint density at radius 1 is 1.11 bits per heavy atom. The van der Waals surface area contributed by atoms with Crippen molar-refractivity contribution in [2.24, 2.45) is 0 Å². The molecule has 6 rings (SSSR count). The number of pyridine rings is 1. The first-order valence-corrected chi connectivity index (χ1v) is 14.7. The molecule has 38 heavy (non-hydrogen) atoms. The second-order valence-electron chi connectivity index (χ2n) is 10.3. The van der Waals surface area contributed by atoms with E-state index in [-0.39, 0.29) is 46.4 Å². The molecule has 2 aromatic heterocycles. The van der Waals surface area contributed by atoms with E-state index in [0.29, 0.717) is 24.5 Å². The molecule has 3 fully saturated rings. The lowest BCUT2D eigenvalue weighted by molar-refractivity contribution is 0.0717. The van der Waals surface area contributed by atoms with E-state index in [4.69, 9.17) is 11.6 Å². The topological polar surface area (TPSA) is 87.0 Å². The van der Waals surface area contributed by atoms with Gasteiger partial charge in [0.2, 0.25) is 10.0 Å². The third kappa shape index (κ3) is 4.54. The van der Waals surface area contributed by atoms with E-state index in [0.717, 1.165) is 43.4 Å². The highest BCUT2D eigenvalue weighted by Crippen LogP contribution is 2.43. The van der Waals surface area contributed by atoms with Crippen LogP contribution in [-0.4, -0.2) is 67.0 Å². The SMILES string of the molecule is O=C(c1ccc(F)cc1Cl)N1C[C@H]2CC[C@@H](C1)N2c1cc(S(=O)(=O)NCCCF)cc2cnc(C3CC3)n12. The van der Waals surface area contributed by atoms with Gasteiger partial charge in [-0.15, -0.1) is 0 Å². The predicted octanol–water partition coefficient (Wildman–Crippen LogP) is 4.14. The maximum atomic E-state index is 13.5. The molecule has 2 atom stereocenters. The Kier molecular flexibility index (Phi) is 6.56. The van der Waals surface area contributed by atoms with Gasteiger partial charge in [-0.25, -0.2) is 22.5 Å². The number of aromatic nitrogens is 2. The third-order valence-electron chi connectivity index (χ3n) is 7.66. The number of imidazole rings is 1. The summed E-state index contributed by atoms with van der Waals surface area (Å²) in [6.45, 7) is 0.285. The zero-order chi connectivity index (χ0) is 26.6. The second kappa shape index (κ2) is 9.77. The van der Waals surface area contributed by atoms with Crippen LogP contribution < -0.4 is 9.62 Å². The largest absolute Gasteiger partial charge is 0.348 e. The number of carbonyl (C=O) groups is 1. The molecule has 0 spiro atoms. The summed E-state index contributed by atoms with van der Waals surface area (Å²) in [5.41, 5.74) is 0.952. The zero-order valence-electron chi connectivity index (χ0n) is 20.6. The number of nitrogens with one attached hydrogen (secondary N) is 1. The van der Waals surface area contributed by atoms with E-state index in [9.17, 15) is 22.0 Å². The number of nitrogens with zero attached hydrogens (tertiary/aromatic N) is 4. The molecule has 3 aliphatic rings. The number of benzene rings is 1. The number of hydrogen-bond donors (Lipinski definition) is 1. The van der Waals surface area contributed by atoms with Crippen molar-refractivity contribution < 1.29 is 22.0 Å². The van der Waals surface area contributed by atoms with E-state index < -0.39 is 22.5 Å². The van der Waals surface area contributed by atoms with Gasteiger partial charge in [-0.1, -0.05) is 11.6 Å². The number of sulfonamides is 1. The molecule has 2 bridgehead atoms. The molecule has 0 unspecified atom stereocenters. The van der Waals surface area contributed by atoms with Gasteiger partial charge >= 0.3 is 0 Å². The molecule has 202 valence electrons.